The van der Waals surface area contributed by atoms with Crippen molar-refractivity contribution >= 4 is 22.3 Å². The number of hydrogen-bond donors (Lipinski definition) is 1. The van der Waals surface area contributed by atoms with Gasteiger partial charge < -0.3 is 19.7 Å². The lowest BCUT2D eigenvalue weighted by atomic mass is 9.73. The predicted octanol–water partition coefficient (Wildman–Crippen LogP) is 4.83. The molecule has 0 amide bonds. The summed E-state index contributed by atoms with van der Waals surface area (Å²) in [5, 5.41) is 1.17. The van der Waals surface area contributed by atoms with Crippen LogP contribution in [0, 0.1) is 0 Å². The number of H-pyrrole nitrogens is 1. The van der Waals surface area contributed by atoms with Crippen LogP contribution in [0.15, 0.2) is 49.8 Å². The first-order valence-corrected chi connectivity index (χ1v) is 12.5. The van der Waals surface area contributed by atoms with Crippen LogP contribution in [0.4, 0.5) is 0 Å². The Kier molecular flexibility index (Phi) is 5.16. The summed E-state index contributed by atoms with van der Waals surface area (Å²) < 4.78 is 0. The minimum atomic E-state index is 0.250. The van der Waals surface area contributed by atoms with Crippen LogP contribution in [0.25, 0.3) is 33.4 Å². The normalized spacial score (nSPS) is 20.9. The van der Waals surface area contributed by atoms with E-state index in [0.717, 1.165) is 62.6 Å². The summed E-state index contributed by atoms with van der Waals surface area (Å²) in [5.41, 5.74) is 10.0. The maximum Gasteiger partial charge on any atom is 0.137 e. The van der Waals surface area contributed by atoms with Crippen LogP contribution in [0.5, 0.6) is 0 Å². The van der Waals surface area contributed by atoms with E-state index in [2.05, 4.69) is 77.4 Å². The number of likely N-dealkylation sites (N-methyl/N-ethyl adjacent to an activating group) is 1. The van der Waals surface area contributed by atoms with Crippen molar-refractivity contribution in [3.05, 3.63) is 66.5 Å². The van der Waals surface area contributed by atoms with Gasteiger partial charge in [0.1, 0.15) is 5.65 Å². The lowest BCUT2D eigenvalue weighted by Crippen LogP contribution is -2.43. The molecule has 176 valence electrons. The Morgan fingerprint density at radius 3 is 2.47 bits per heavy atom. The van der Waals surface area contributed by atoms with Crippen molar-refractivity contribution in [2.45, 2.75) is 24.7 Å². The number of rotatable bonds is 3. The number of fused-ring (bicyclic) bond motifs is 3. The molecule has 34 heavy (non-hydrogen) atoms. The second-order valence-electron chi connectivity index (χ2n) is 10.7. The highest BCUT2D eigenvalue weighted by Gasteiger charge is 2.42. The van der Waals surface area contributed by atoms with Gasteiger partial charge in [-0.2, -0.15) is 0 Å². The number of piperidine rings is 1. The van der Waals surface area contributed by atoms with Crippen LogP contribution in [-0.4, -0.2) is 78.0 Å². The SMILES string of the molecule is C=C1CC2(CCN(C)CC2)c2cc(-c3c[nH]c4ncc(C(=C)N5CCN(C)CC5)cc34)ccc21. The zero-order valence-electron chi connectivity index (χ0n) is 20.5. The quantitative estimate of drug-likeness (QED) is 0.617. The maximum absolute atomic E-state index is 4.76. The Hall–Kier alpha value is -2.89. The highest BCUT2D eigenvalue weighted by atomic mass is 15.2. The minimum Gasteiger partial charge on any atom is -0.369 e. The van der Waals surface area contributed by atoms with E-state index in [9.17, 15) is 0 Å². The monoisotopic (exact) mass is 453 g/mol. The summed E-state index contributed by atoms with van der Waals surface area (Å²) >= 11 is 0. The first-order chi connectivity index (χ1) is 16.4. The molecule has 1 aromatic carbocycles. The molecule has 1 N–H and O–H groups in total. The fourth-order valence-electron chi connectivity index (χ4n) is 6.21. The summed E-state index contributed by atoms with van der Waals surface area (Å²) in [5.74, 6) is 0. The third kappa shape index (κ3) is 3.50. The Balaban J connectivity index is 1.37. The summed E-state index contributed by atoms with van der Waals surface area (Å²) in [7, 11) is 4.42. The van der Waals surface area contributed by atoms with E-state index in [1.54, 1.807) is 0 Å². The van der Waals surface area contributed by atoms with Crippen molar-refractivity contribution in [2.75, 3.05) is 53.4 Å². The third-order valence-electron chi connectivity index (χ3n) is 8.53. The Labute approximate surface area is 202 Å². The van der Waals surface area contributed by atoms with Crippen molar-refractivity contribution in [3.63, 3.8) is 0 Å². The molecule has 0 saturated carbocycles. The maximum atomic E-state index is 4.76. The zero-order chi connectivity index (χ0) is 23.4. The van der Waals surface area contributed by atoms with E-state index in [-0.39, 0.29) is 5.41 Å². The van der Waals surface area contributed by atoms with Crippen LogP contribution in [0.1, 0.15) is 36.0 Å². The van der Waals surface area contributed by atoms with Gasteiger partial charge in [-0.05, 0) is 80.8 Å². The van der Waals surface area contributed by atoms with Gasteiger partial charge >= 0.3 is 0 Å². The number of benzene rings is 1. The predicted molar refractivity (Wildman–Crippen MR) is 142 cm³/mol. The van der Waals surface area contributed by atoms with E-state index in [0.29, 0.717) is 0 Å². The number of nitrogens with one attached hydrogen (secondary N) is 1. The van der Waals surface area contributed by atoms with E-state index >= 15 is 0 Å². The number of likely N-dealkylation sites (tertiary alicyclic amines) is 1. The Morgan fingerprint density at radius 1 is 0.971 bits per heavy atom. The molecule has 2 aromatic heterocycles. The van der Waals surface area contributed by atoms with E-state index in [1.165, 1.54) is 46.1 Å². The largest absolute Gasteiger partial charge is 0.369 e. The zero-order valence-corrected chi connectivity index (χ0v) is 20.5. The number of aromatic nitrogens is 2. The van der Waals surface area contributed by atoms with Gasteiger partial charge in [-0.15, -0.1) is 0 Å². The lowest BCUT2D eigenvalue weighted by Gasteiger charge is -2.38. The number of allylic oxidation sites excluding steroid dienone is 1. The van der Waals surface area contributed by atoms with Crippen LogP contribution in [-0.2, 0) is 5.41 Å². The molecule has 0 atom stereocenters. The average Bonchev–Trinajstić information content (AvgIpc) is 3.39. The first-order valence-electron chi connectivity index (χ1n) is 12.5. The average molecular weight is 454 g/mol. The van der Waals surface area contributed by atoms with Gasteiger partial charge in [-0.1, -0.05) is 25.3 Å². The van der Waals surface area contributed by atoms with Crippen molar-refractivity contribution in [1.82, 2.24) is 24.7 Å². The highest BCUT2D eigenvalue weighted by molar-refractivity contribution is 5.95. The van der Waals surface area contributed by atoms with Gasteiger partial charge in [0, 0.05) is 66.2 Å². The lowest BCUT2D eigenvalue weighted by molar-refractivity contribution is 0.194. The molecule has 0 unspecified atom stereocenters. The van der Waals surface area contributed by atoms with Crippen LogP contribution in [0.3, 0.4) is 0 Å². The molecule has 2 aliphatic heterocycles. The Bertz CT molecular complexity index is 1270. The topological polar surface area (TPSA) is 38.4 Å². The molecular weight excluding hydrogens is 418 g/mol. The molecule has 2 saturated heterocycles. The van der Waals surface area contributed by atoms with Gasteiger partial charge in [-0.3, -0.25) is 0 Å². The smallest absolute Gasteiger partial charge is 0.137 e. The van der Waals surface area contributed by atoms with Crippen LogP contribution in [0.2, 0.25) is 0 Å². The fourth-order valence-corrected chi connectivity index (χ4v) is 6.21. The number of pyridine rings is 1. The second kappa shape index (κ2) is 8.10. The molecule has 3 aromatic rings. The number of aromatic amines is 1. The van der Waals surface area contributed by atoms with Crippen LogP contribution < -0.4 is 0 Å². The first kappa shape index (κ1) is 21.6. The van der Waals surface area contributed by atoms with Crippen molar-refractivity contribution < 1.29 is 0 Å². The molecule has 2 fully saturated rings. The van der Waals surface area contributed by atoms with Gasteiger partial charge in [0.05, 0.1) is 0 Å². The van der Waals surface area contributed by atoms with Crippen molar-refractivity contribution in [3.8, 4) is 11.1 Å². The van der Waals surface area contributed by atoms with Crippen molar-refractivity contribution in [1.29, 1.82) is 0 Å². The number of piperazine rings is 1. The van der Waals surface area contributed by atoms with Crippen LogP contribution >= 0.6 is 0 Å². The molecule has 5 nitrogen and oxygen atoms in total. The molecule has 4 heterocycles. The van der Waals surface area contributed by atoms with Gasteiger partial charge in [0.15, 0.2) is 0 Å². The molecule has 6 rings (SSSR count). The third-order valence-corrected chi connectivity index (χ3v) is 8.53. The van der Waals surface area contributed by atoms with E-state index in [4.69, 9.17) is 4.98 Å². The molecule has 0 radical (unpaired) electrons. The van der Waals surface area contributed by atoms with Gasteiger partial charge in [-0.25, -0.2) is 4.98 Å². The standard InChI is InChI=1S/C29H35N5/c1-20-17-29(7-9-32(3)10-8-29)27-16-22(5-6-24(20)27)26-19-31-28-25(26)15-23(18-30-28)21(2)34-13-11-33(4)12-14-34/h5-6,15-16,18-19H,1-2,7-14,17H2,3-4H3,(H,30,31). The fraction of sp³-hybridized carbons (Fsp3) is 0.414. The van der Waals surface area contributed by atoms with Crippen molar-refractivity contribution in [2.24, 2.45) is 0 Å². The van der Waals surface area contributed by atoms with E-state index in [1.807, 2.05) is 6.20 Å². The molecule has 3 aliphatic rings. The summed E-state index contributed by atoms with van der Waals surface area (Å²) in [6.45, 7) is 15.4. The molecule has 0 bridgehead atoms. The van der Waals surface area contributed by atoms with E-state index < -0.39 is 0 Å². The summed E-state index contributed by atoms with van der Waals surface area (Å²) in [6, 6.07) is 9.29. The van der Waals surface area contributed by atoms with Gasteiger partial charge in [0.25, 0.3) is 0 Å². The number of hydrogen-bond acceptors (Lipinski definition) is 4. The molecule has 1 spiro atoms. The Morgan fingerprint density at radius 2 is 1.71 bits per heavy atom. The molecule has 5 heteroatoms. The van der Waals surface area contributed by atoms with Gasteiger partial charge in [0.2, 0.25) is 0 Å². The second-order valence-corrected chi connectivity index (χ2v) is 10.7. The summed E-state index contributed by atoms with van der Waals surface area (Å²) in [4.78, 5) is 15.4. The molecular formula is C29H35N5. The molecule has 1 aliphatic carbocycles. The number of nitrogens with zero attached hydrogens (tertiary/aromatic N) is 4. The summed E-state index contributed by atoms with van der Waals surface area (Å²) in [6.07, 6.45) is 7.60. The highest BCUT2D eigenvalue weighted by Crippen LogP contribution is 2.51. The minimum absolute atomic E-state index is 0.250.